The standard InChI is InChI=1S/C22H26N4O2/c1-16(2)26(13-18-6-4-17(3)5-7-18)11-10-25-14-21(24-15-25)20-12-19(22(27)28)8-9-23-20/h4-9,12,14-16H,10-11,13H2,1-3H3,(H,27,28). The van der Waals surface area contributed by atoms with E-state index in [-0.39, 0.29) is 5.56 Å². The summed E-state index contributed by atoms with van der Waals surface area (Å²) in [4.78, 5) is 22.2. The second-order valence-electron chi connectivity index (χ2n) is 7.28. The number of aromatic carboxylic acids is 1. The number of carboxylic acid groups (broad SMARTS) is 1. The number of carboxylic acids is 1. The molecule has 0 saturated carbocycles. The molecule has 0 saturated heterocycles. The Morgan fingerprint density at radius 1 is 1.14 bits per heavy atom. The lowest BCUT2D eigenvalue weighted by Crippen LogP contribution is -2.33. The number of aromatic nitrogens is 3. The van der Waals surface area contributed by atoms with Crippen LogP contribution in [0.4, 0.5) is 0 Å². The molecule has 0 spiro atoms. The van der Waals surface area contributed by atoms with Gasteiger partial charge in [-0.3, -0.25) is 9.88 Å². The summed E-state index contributed by atoms with van der Waals surface area (Å²) in [6.45, 7) is 9.10. The van der Waals surface area contributed by atoms with Crippen LogP contribution in [0, 0.1) is 6.92 Å². The van der Waals surface area contributed by atoms with Crippen LogP contribution in [0.15, 0.2) is 55.1 Å². The number of pyridine rings is 1. The first-order chi connectivity index (χ1) is 13.4. The van der Waals surface area contributed by atoms with Crippen molar-refractivity contribution in [1.29, 1.82) is 0 Å². The fourth-order valence-electron chi connectivity index (χ4n) is 3.01. The van der Waals surface area contributed by atoms with E-state index in [2.05, 4.69) is 59.9 Å². The molecule has 1 aromatic carbocycles. The maximum absolute atomic E-state index is 11.1. The Kier molecular flexibility index (Phi) is 6.21. The van der Waals surface area contributed by atoms with Crippen LogP contribution in [0.25, 0.3) is 11.4 Å². The normalized spacial score (nSPS) is 11.3. The van der Waals surface area contributed by atoms with Crippen LogP contribution in [-0.4, -0.2) is 43.1 Å². The topological polar surface area (TPSA) is 71.2 Å². The Labute approximate surface area is 165 Å². The summed E-state index contributed by atoms with van der Waals surface area (Å²) in [5.74, 6) is -0.966. The van der Waals surface area contributed by atoms with Gasteiger partial charge in [-0.2, -0.15) is 0 Å². The number of hydrogen-bond donors (Lipinski definition) is 1. The summed E-state index contributed by atoms with van der Waals surface area (Å²) in [6.07, 6.45) is 5.19. The predicted molar refractivity (Wildman–Crippen MR) is 109 cm³/mol. The number of hydrogen-bond acceptors (Lipinski definition) is 4. The third-order valence-corrected chi connectivity index (χ3v) is 4.78. The molecule has 1 N–H and O–H groups in total. The van der Waals surface area contributed by atoms with Crippen LogP contribution in [0.1, 0.15) is 35.3 Å². The summed E-state index contributed by atoms with van der Waals surface area (Å²) >= 11 is 0. The lowest BCUT2D eigenvalue weighted by molar-refractivity contribution is 0.0697. The number of rotatable bonds is 8. The van der Waals surface area contributed by atoms with Crippen molar-refractivity contribution in [3.05, 3.63) is 71.8 Å². The van der Waals surface area contributed by atoms with E-state index < -0.39 is 5.97 Å². The van der Waals surface area contributed by atoms with Crippen molar-refractivity contribution in [2.45, 2.75) is 39.9 Å². The van der Waals surface area contributed by atoms with Crippen LogP contribution >= 0.6 is 0 Å². The SMILES string of the molecule is Cc1ccc(CN(CCn2cnc(-c3cc(C(=O)O)ccn3)c2)C(C)C)cc1. The van der Waals surface area contributed by atoms with E-state index in [0.717, 1.165) is 19.6 Å². The highest BCUT2D eigenvalue weighted by molar-refractivity contribution is 5.88. The van der Waals surface area contributed by atoms with Gasteiger partial charge in [-0.05, 0) is 38.5 Å². The minimum absolute atomic E-state index is 0.212. The van der Waals surface area contributed by atoms with Gasteiger partial charge in [-0.25, -0.2) is 9.78 Å². The third-order valence-electron chi connectivity index (χ3n) is 4.78. The second kappa shape index (κ2) is 8.80. The Bertz CT molecular complexity index is 932. The molecule has 0 radical (unpaired) electrons. The van der Waals surface area contributed by atoms with Gasteiger partial charge in [0.2, 0.25) is 0 Å². The van der Waals surface area contributed by atoms with Crippen LogP contribution in [0.2, 0.25) is 0 Å². The molecule has 2 aromatic heterocycles. The number of carbonyl (C=O) groups is 1. The average Bonchev–Trinajstić information content (AvgIpc) is 3.15. The van der Waals surface area contributed by atoms with Gasteiger partial charge < -0.3 is 9.67 Å². The van der Waals surface area contributed by atoms with Crippen LogP contribution in [0.3, 0.4) is 0 Å². The van der Waals surface area contributed by atoms with Crippen molar-refractivity contribution in [2.24, 2.45) is 0 Å². The van der Waals surface area contributed by atoms with Crippen molar-refractivity contribution < 1.29 is 9.90 Å². The zero-order chi connectivity index (χ0) is 20.1. The minimum Gasteiger partial charge on any atom is -0.478 e. The summed E-state index contributed by atoms with van der Waals surface area (Å²) in [5, 5.41) is 9.14. The molecule has 3 aromatic rings. The minimum atomic E-state index is -0.966. The fourth-order valence-corrected chi connectivity index (χ4v) is 3.01. The van der Waals surface area contributed by atoms with E-state index in [1.54, 1.807) is 12.4 Å². The van der Waals surface area contributed by atoms with Crippen LogP contribution in [-0.2, 0) is 13.1 Å². The Morgan fingerprint density at radius 3 is 2.57 bits per heavy atom. The molecule has 0 fully saturated rings. The van der Waals surface area contributed by atoms with E-state index in [0.29, 0.717) is 17.4 Å². The number of aryl methyl sites for hydroxylation is 1. The molecule has 0 unspecified atom stereocenters. The fraction of sp³-hybridized carbons (Fsp3) is 0.318. The lowest BCUT2D eigenvalue weighted by atomic mass is 10.1. The zero-order valence-electron chi connectivity index (χ0n) is 16.5. The van der Waals surface area contributed by atoms with E-state index in [4.69, 9.17) is 5.11 Å². The smallest absolute Gasteiger partial charge is 0.335 e. The van der Waals surface area contributed by atoms with Crippen LogP contribution < -0.4 is 0 Å². The molecule has 2 heterocycles. The average molecular weight is 378 g/mol. The van der Waals surface area contributed by atoms with Gasteiger partial charge in [0.1, 0.15) is 5.69 Å². The molecule has 6 heteroatoms. The molecule has 0 aliphatic heterocycles. The second-order valence-corrected chi connectivity index (χ2v) is 7.28. The van der Waals surface area contributed by atoms with E-state index in [1.165, 1.54) is 23.4 Å². The molecular formula is C22H26N4O2. The molecule has 0 bridgehead atoms. The Hall–Kier alpha value is -2.99. The monoisotopic (exact) mass is 378 g/mol. The van der Waals surface area contributed by atoms with E-state index in [1.807, 2.05) is 10.8 Å². The first-order valence-corrected chi connectivity index (χ1v) is 9.43. The van der Waals surface area contributed by atoms with Gasteiger partial charge in [0.05, 0.1) is 17.6 Å². The Balaban J connectivity index is 1.65. The van der Waals surface area contributed by atoms with Gasteiger partial charge in [0, 0.05) is 38.1 Å². The largest absolute Gasteiger partial charge is 0.478 e. The lowest BCUT2D eigenvalue weighted by Gasteiger charge is -2.26. The molecule has 0 aliphatic rings. The highest BCUT2D eigenvalue weighted by Crippen LogP contribution is 2.16. The first-order valence-electron chi connectivity index (χ1n) is 9.43. The quantitative estimate of drug-likeness (QED) is 0.644. The van der Waals surface area contributed by atoms with Gasteiger partial charge in [0.15, 0.2) is 0 Å². The first kappa shape index (κ1) is 19.8. The van der Waals surface area contributed by atoms with Crippen LogP contribution in [0.5, 0.6) is 0 Å². The highest BCUT2D eigenvalue weighted by atomic mass is 16.4. The predicted octanol–water partition coefficient (Wildman–Crippen LogP) is 3.86. The summed E-state index contributed by atoms with van der Waals surface area (Å²) in [5.41, 5.74) is 4.03. The van der Waals surface area contributed by atoms with Crippen molar-refractivity contribution in [3.8, 4) is 11.4 Å². The summed E-state index contributed by atoms with van der Waals surface area (Å²) in [7, 11) is 0. The molecular weight excluding hydrogens is 352 g/mol. The maximum Gasteiger partial charge on any atom is 0.335 e. The third kappa shape index (κ3) is 5.04. The number of benzene rings is 1. The molecule has 146 valence electrons. The van der Waals surface area contributed by atoms with Gasteiger partial charge in [0.25, 0.3) is 0 Å². The molecule has 6 nitrogen and oxygen atoms in total. The summed E-state index contributed by atoms with van der Waals surface area (Å²) in [6, 6.07) is 12.1. The molecule has 3 rings (SSSR count). The molecule has 28 heavy (non-hydrogen) atoms. The highest BCUT2D eigenvalue weighted by Gasteiger charge is 2.12. The van der Waals surface area contributed by atoms with Gasteiger partial charge in [-0.15, -0.1) is 0 Å². The van der Waals surface area contributed by atoms with Gasteiger partial charge in [-0.1, -0.05) is 29.8 Å². The van der Waals surface area contributed by atoms with Crippen molar-refractivity contribution in [1.82, 2.24) is 19.4 Å². The van der Waals surface area contributed by atoms with Crippen molar-refractivity contribution in [3.63, 3.8) is 0 Å². The summed E-state index contributed by atoms with van der Waals surface area (Å²) < 4.78 is 2.02. The molecule has 0 atom stereocenters. The number of imidazole rings is 1. The number of nitrogens with zero attached hydrogens (tertiary/aromatic N) is 4. The van der Waals surface area contributed by atoms with E-state index >= 15 is 0 Å². The zero-order valence-corrected chi connectivity index (χ0v) is 16.5. The molecule has 0 amide bonds. The van der Waals surface area contributed by atoms with Gasteiger partial charge >= 0.3 is 5.97 Å². The molecule has 0 aliphatic carbocycles. The Morgan fingerprint density at radius 2 is 1.89 bits per heavy atom. The van der Waals surface area contributed by atoms with Crippen molar-refractivity contribution >= 4 is 5.97 Å². The maximum atomic E-state index is 11.1. The van der Waals surface area contributed by atoms with Crippen molar-refractivity contribution in [2.75, 3.05) is 6.54 Å². The van der Waals surface area contributed by atoms with E-state index in [9.17, 15) is 4.79 Å².